The fourth-order valence-corrected chi connectivity index (χ4v) is 4.42. The summed E-state index contributed by atoms with van der Waals surface area (Å²) in [5, 5.41) is 0.772. The van der Waals surface area contributed by atoms with Crippen molar-refractivity contribution in [2.24, 2.45) is 0 Å². The van der Waals surface area contributed by atoms with E-state index >= 15 is 0 Å². The van der Waals surface area contributed by atoms with Crippen LogP contribution in [0.5, 0.6) is 0 Å². The van der Waals surface area contributed by atoms with Crippen LogP contribution in [0, 0.1) is 6.92 Å². The molecule has 3 aromatic rings. The highest BCUT2D eigenvalue weighted by Gasteiger charge is 2.21. The molecule has 0 aliphatic rings. The Morgan fingerprint density at radius 1 is 1.15 bits per heavy atom. The van der Waals surface area contributed by atoms with Gasteiger partial charge >= 0.3 is 0 Å². The molecule has 0 bridgehead atoms. The minimum Gasteiger partial charge on any atom is -0.309 e. The maximum absolute atomic E-state index is 13.3. The second-order valence-electron chi connectivity index (χ2n) is 6.81. The van der Waals surface area contributed by atoms with E-state index in [1.807, 2.05) is 41.5 Å². The molecular formula is C21H25N3OS2. The largest absolute Gasteiger partial charge is 0.309 e. The SMILES string of the molecule is CSc1cccc(C(=O)N(CCCN(C)C)c2nc3ccc(C)cc3s2)c1. The van der Waals surface area contributed by atoms with Gasteiger partial charge in [0.25, 0.3) is 5.91 Å². The first-order chi connectivity index (χ1) is 13.0. The summed E-state index contributed by atoms with van der Waals surface area (Å²) in [7, 11) is 4.10. The fraction of sp³-hybridized carbons (Fsp3) is 0.333. The van der Waals surface area contributed by atoms with Gasteiger partial charge < -0.3 is 4.90 Å². The Morgan fingerprint density at radius 3 is 2.70 bits per heavy atom. The van der Waals surface area contributed by atoms with Crippen LogP contribution in [0.3, 0.4) is 0 Å². The first-order valence-corrected chi connectivity index (χ1v) is 11.0. The zero-order valence-electron chi connectivity index (χ0n) is 16.2. The van der Waals surface area contributed by atoms with Crippen LogP contribution in [-0.2, 0) is 0 Å². The second-order valence-corrected chi connectivity index (χ2v) is 8.70. The molecule has 1 aromatic heterocycles. The van der Waals surface area contributed by atoms with E-state index in [0.717, 1.165) is 33.2 Å². The van der Waals surface area contributed by atoms with Gasteiger partial charge in [-0.2, -0.15) is 0 Å². The third-order valence-electron chi connectivity index (χ3n) is 4.31. The van der Waals surface area contributed by atoms with Crippen molar-refractivity contribution in [1.29, 1.82) is 0 Å². The first-order valence-electron chi connectivity index (χ1n) is 8.96. The predicted molar refractivity (Wildman–Crippen MR) is 117 cm³/mol. The lowest BCUT2D eigenvalue weighted by Gasteiger charge is -2.21. The van der Waals surface area contributed by atoms with Crippen LogP contribution in [0.15, 0.2) is 47.4 Å². The number of aromatic nitrogens is 1. The molecule has 6 heteroatoms. The van der Waals surface area contributed by atoms with E-state index in [0.29, 0.717) is 12.1 Å². The monoisotopic (exact) mass is 399 g/mol. The molecule has 0 atom stereocenters. The van der Waals surface area contributed by atoms with E-state index in [9.17, 15) is 4.79 Å². The molecule has 1 heterocycles. The molecule has 2 aromatic carbocycles. The van der Waals surface area contributed by atoms with Gasteiger partial charge in [0.2, 0.25) is 0 Å². The van der Waals surface area contributed by atoms with Crippen molar-refractivity contribution < 1.29 is 4.79 Å². The quantitative estimate of drug-likeness (QED) is 0.528. The Bertz CT molecular complexity index is 936. The third-order valence-corrected chi connectivity index (χ3v) is 6.08. The number of benzene rings is 2. The van der Waals surface area contributed by atoms with E-state index in [2.05, 4.69) is 38.1 Å². The van der Waals surface area contributed by atoms with Crippen LogP contribution < -0.4 is 4.90 Å². The van der Waals surface area contributed by atoms with Crippen molar-refractivity contribution in [2.45, 2.75) is 18.2 Å². The molecule has 142 valence electrons. The number of thiazole rings is 1. The second kappa shape index (κ2) is 8.87. The Balaban J connectivity index is 1.94. The number of fused-ring (bicyclic) bond motifs is 1. The van der Waals surface area contributed by atoms with Gasteiger partial charge in [0.05, 0.1) is 10.2 Å². The molecule has 27 heavy (non-hydrogen) atoms. The molecule has 0 saturated heterocycles. The van der Waals surface area contributed by atoms with E-state index < -0.39 is 0 Å². The Kier molecular flexibility index (Phi) is 6.52. The van der Waals surface area contributed by atoms with E-state index in [4.69, 9.17) is 4.98 Å². The summed E-state index contributed by atoms with van der Waals surface area (Å²) in [6.07, 6.45) is 2.92. The summed E-state index contributed by atoms with van der Waals surface area (Å²) >= 11 is 3.23. The summed E-state index contributed by atoms with van der Waals surface area (Å²) in [5.74, 6) is 0.0143. The van der Waals surface area contributed by atoms with E-state index in [-0.39, 0.29) is 5.91 Å². The fourth-order valence-electron chi connectivity index (χ4n) is 2.88. The maximum Gasteiger partial charge on any atom is 0.260 e. The van der Waals surface area contributed by atoms with E-state index in [1.165, 1.54) is 5.56 Å². The Labute approximate surface area is 169 Å². The van der Waals surface area contributed by atoms with Crippen LogP contribution in [0.25, 0.3) is 10.2 Å². The number of aryl methyl sites for hydroxylation is 1. The average Bonchev–Trinajstić information content (AvgIpc) is 3.07. The molecule has 0 spiro atoms. The van der Waals surface area contributed by atoms with Crippen LogP contribution in [0.1, 0.15) is 22.3 Å². The zero-order valence-corrected chi connectivity index (χ0v) is 17.9. The number of anilines is 1. The summed E-state index contributed by atoms with van der Waals surface area (Å²) in [6.45, 7) is 3.66. The summed E-state index contributed by atoms with van der Waals surface area (Å²) < 4.78 is 1.12. The highest BCUT2D eigenvalue weighted by Crippen LogP contribution is 2.31. The minimum absolute atomic E-state index is 0.0143. The highest BCUT2D eigenvalue weighted by atomic mass is 32.2. The lowest BCUT2D eigenvalue weighted by Crippen LogP contribution is -2.33. The number of rotatable bonds is 7. The molecule has 0 N–H and O–H groups in total. The van der Waals surface area contributed by atoms with Gasteiger partial charge in [0.1, 0.15) is 0 Å². The summed E-state index contributed by atoms with van der Waals surface area (Å²) in [4.78, 5) is 23.1. The van der Waals surface area contributed by atoms with Crippen molar-refractivity contribution in [3.8, 4) is 0 Å². The van der Waals surface area contributed by atoms with Crippen molar-refractivity contribution in [3.05, 3.63) is 53.6 Å². The van der Waals surface area contributed by atoms with Crippen LogP contribution >= 0.6 is 23.1 Å². The summed E-state index contributed by atoms with van der Waals surface area (Å²) in [5.41, 5.74) is 2.86. The van der Waals surface area contributed by atoms with Gasteiger partial charge in [0, 0.05) is 17.0 Å². The molecule has 1 amide bonds. The topological polar surface area (TPSA) is 36.4 Å². The molecule has 3 rings (SSSR count). The van der Waals surface area contributed by atoms with Gasteiger partial charge in [-0.05, 0) is 76.1 Å². The standard InChI is InChI=1S/C21H25N3OS2/c1-15-9-10-18-19(13-15)27-21(22-18)24(12-6-11-23(2)3)20(25)16-7-5-8-17(14-16)26-4/h5,7-10,13-14H,6,11-12H2,1-4H3. The normalized spacial score (nSPS) is 11.3. The van der Waals surface area contributed by atoms with Crippen molar-refractivity contribution in [2.75, 3.05) is 38.3 Å². The van der Waals surface area contributed by atoms with Gasteiger partial charge in [0.15, 0.2) is 5.13 Å². The molecule has 4 nitrogen and oxygen atoms in total. The minimum atomic E-state index is 0.0143. The number of carbonyl (C=O) groups excluding carboxylic acids is 1. The van der Waals surface area contributed by atoms with E-state index in [1.54, 1.807) is 23.1 Å². The Hall–Kier alpha value is -1.89. The van der Waals surface area contributed by atoms with Crippen molar-refractivity contribution >= 4 is 44.4 Å². The molecule has 0 saturated carbocycles. The molecule has 0 fully saturated rings. The number of carbonyl (C=O) groups is 1. The molecule has 0 radical (unpaired) electrons. The molecular weight excluding hydrogens is 374 g/mol. The lowest BCUT2D eigenvalue weighted by atomic mass is 10.2. The van der Waals surface area contributed by atoms with Gasteiger partial charge in [-0.15, -0.1) is 11.8 Å². The van der Waals surface area contributed by atoms with Crippen LogP contribution in [-0.4, -0.2) is 49.2 Å². The van der Waals surface area contributed by atoms with Crippen LogP contribution in [0.4, 0.5) is 5.13 Å². The predicted octanol–water partition coefficient (Wildman–Crippen LogP) is 4.93. The van der Waals surface area contributed by atoms with Gasteiger partial charge in [-0.1, -0.05) is 23.5 Å². The van der Waals surface area contributed by atoms with Crippen molar-refractivity contribution in [1.82, 2.24) is 9.88 Å². The maximum atomic E-state index is 13.3. The highest BCUT2D eigenvalue weighted by molar-refractivity contribution is 7.98. The number of amides is 1. The van der Waals surface area contributed by atoms with Crippen LogP contribution in [0.2, 0.25) is 0 Å². The molecule has 0 aliphatic heterocycles. The number of hydrogen-bond donors (Lipinski definition) is 0. The van der Waals surface area contributed by atoms with Crippen molar-refractivity contribution in [3.63, 3.8) is 0 Å². The average molecular weight is 400 g/mol. The summed E-state index contributed by atoms with van der Waals surface area (Å²) in [6, 6.07) is 14.0. The van der Waals surface area contributed by atoms with Gasteiger partial charge in [-0.3, -0.25) is 9.69 Å². The number of nitrogens with zero attached hydrogens (tertiary/aromatic N) is 3. The third kappa shape index (κ3) is 4.89. The smallest absolute Gasteiger partial charge is 0.260 e. The lowest BCUT2D eigenvalue weighted by molar-refractivity contribution is 0.0986. The Morgan fingerprint density at radius 2 is 1.96 bits per heavy atom. The van der Waals surface area contributed by atoms with Gasteiger partial charge in [-0.25, -0.2) is 4.98 Å². The number of thioether (sulfide) groups is 1. The first kappa shape index (κ1) is 19.9. The molecule has 0 aliphatic carbocycles. The zero-order chi connectivity index (χ0) is 19.4. The number of hydrogen-bond acceptors (Lipinski definition) is 5. The molecule has 0 unspecified atom stereocenters.